The molecule has 0 fully saturated rings. The first kappa shape index (κ1) is 8.01. The van der Waals surface area contributed by atoms with Gasteiger partial charge in [-0.1, -0.05) is 30.3 Å². The van der Waals surface area contributed by atoms with Crippen LogP contribution in [0.25, 0.3) is 11.3 Å². The van der Waals surface area contributed by atoms with E-state index in [4.69, 9.17) is 10.2 Å². The van der Waals surface area contributed by atoms with Crippen LogP contribution >= 0.6 is 0 Å². The first-order chi connectivity index (χ1) is 6.42. The van der Waals surface area contributed by atoms with Gasteiger partial charge in [-0.3, -0.25) is 0 Å². The van der Waals surface area contributed by atoms with E-state index in [0.717, 1.165) is 17.0 Å². The first-order valence-electron chi connectivity index (χ1n) is 4.09. The molecule has 2 N–H and O–H groups in total. The highest BCUT2D eigenvalue weighted by atomic mass is 16.3. The number of oxazole rings is 1. The summed E-state index contributed by atoms with van der Waals surface area (Å²) in [4.78, 5) is 4.11. The molecule has 66 valence electrons. The summed E-state index contributed by atoms with van der Waals surface area (Å²) < 4.78 is 5.13. The molecule has 0 aliphatic carbocycles. The Morgan fingerprint density at radius 1 is 1.23 bits per heavy atom. The highest BCUT2D eigenvalue weighted by Crippen LogP contribution is 2.20. The SMILES string of the molecule is NCc1ocnc1-c1ccccc1. The molecule has 0 saturated carbocycles. The molecule has 13 heavy (non-hydrogen) atoms. The smallest absolute Gasteiger partial charge is 0.181 e. The van der Waals surface area contributed by atoms with Gasteiger partial charge in [-0.25, -0.2) is 4.98 Å². The van der Waals surface area contributed by atoms with Crippen LogP contribution in [0.5, 0.6) is 0 Å². The van der Waals surface area contributed by atoms with Crippen molar-refractivity contribution >= 4 is 0 Å². The highest BCUT2D eigenvalue weighted by molar-refractivity contribution is 5.60. The fraction of sp³-hybridized carbons (Fsp3) is 0.100. The lowest BCUT2D eigenvalue weighted by molar-refractivity contribution is 0.507. The minimum atomic E-state index is 0.379. The average molecular weight is 174 g/mol. The van der Waals surface area contributed by atoms with Crippen molar-refractivity contribution in [2.24, 2.45) is 5.73 Å². The van der Waals surface area contributed by atoms with Crippen molar-refractivity contribution in [1.29, 1.82) is 0 Å². The summed E-state index contributed by atoms with van der Waals surface area (Å²) in [5.41, 5.74) is 7.37. The second-order valence-electron chi connectivity index (χ2n) is 2.69. The van der Waals surface area contributed by atoms with Crippen LogP contribution in [0.15, 0.2) is 41.1 Å². The van der Waals surface area contributed by atoms with Crippen LogP contribution in [0, 0.1) is 0 Å². The van der Waals surface area contributed by atoms with E-state index < -0.39 is 0 Å². The largest absolute Gasteiger partial charge is 0.446 e. The van der Waals surface area contributed by atoms with Crippen molar-refractivity contribution in [3.05, 3.63) is 42.5 Å². The summed E-state index contributed by atoms with van der Waals surface area (Å²) in [6.45, 7) is 0.379. The molecule has 0 unspecified atom stereocenters. The Balaban J connectivity index is 2.47. The Kier molecular flexibility index (Phi) is 2.10. The third kappa shape index (κ3) is 1.46. The quantitative estimate of drug-likeness (QED) is 0.755. The van der Waals surface area contributed by atoms with E-state index in [2.05, 4.69) is 4.98 Å². The van der Waals surface area contributed by atoms with Crippen LogP contribution < -0.4 is 5.73 Å². The molecule has 0 radical (unpaired) electrons. The first-order valence-corrected chi connectivity index (χ1v) is 4.09. The third-order valence-corrected chi connectivity index (χ3v) is 1.87. The molecule has 0 spiro atoms. The van der Waals surface area contributed by atoms with Crippen LogP contribution in [0.4, 0.5) is 0 Å². The van der Waals surface area contributed by atoms with Crippen molar-refractivity contribution in [2.75, 3.05) is 0 Å². The number of hydrogen-bond acceptors (Lipinski definition) is 3. The van der Waals surface area contributed by atoms with Crippen molar-refractivity contribution in [3.8, 4) is 11.3 Å². The Hall–Kier alpha value is -1.61. The molecule has 0 aliphatic rings. The van der Waals surface area contributed by atoms with E-state index in [1.807, 2.05) is 30.3 Å². The van der Waals surface area contributed by atoms with E-state index in [-0.39, 0.29) is 0 Å². The summed E-state index contributed by atoms with van der Waals surface area (Å²) in [6.07, 6.45) is 1.42. The van der Waals surface area contributed by atoms with E-state index >= 15 is 0 Å². The Bertz CT molecular complexity index is 381. The monoisotopic (exact) mass is 174 g/mol. The van der Waals surface area contributed by atoms with Gasteiger partial charge >= 0.3 is 0 Å². The molecule has 1 aromatic heterocycles. The lowest BCUT2D eigenvalue weighted by atomic mass is 10.1. The normalized spacial score (nSPS) is 10.2. The van der Waals surface area contributed by atoms with Gasteiger partial charge in [0.15, 0.2) is 6.39 Å². The number of nitrogens with zero attached hydrogens (tertiary/aromatic N) is 1. The maximum Gasteiger partial charge on any atom is 0.181 e. The van der Waals surface area contributed by atoms with Gasteiger partial charge in [0.25, 0.3) is 0 Å². The average Bonchev–Trinajstić information content (AvgIpc) is 2.67. The van der Waals surface area contributed by atoms with E-state index in [1.54, 1.807) is 0 Å². The third-order valence-electron chi connectivity index (χ3n) is 1.87. The number of rotatable bonds is 2. The summed E-state index contributed by atoms with van der Waals surface area (Å²) in [6, 6.07) is 9.86. The molecule has 2 rings (SSSR count). The summed E-state index contributed by atoms with van der Waals surface area (Å²) in [5, 5.41) is 0. The summed E-state index contributed by atoms with van der Waals surface area (Å²) in [5.74, 6) is 0.728. The van der Waals surface area contributed by atoms with Gasteiger partial charge in [0.2, 0.25) is 0 Å². The Morgan fingerprint density at radius 3 is 2.69 bits per heavy atom. The van der Waals surface area contributed by atoms with Crippen LogP contribution in [0.1, 0.15) is 5.76 Å². The zero-order valence-corrected chi connectivity index (χ0v) is 7.10. The number of benzene rings is 1. The Labute approximate surface area is 76.2 Å². The maximum absolute atomic E-state index is 5.50. The van der Waals surface area contributed by atoms with Gasteiger partial charge in [0.1, 0.15) is 11.5 Å². The molecule has 0 aliphatic heterocycles. The molecule has 2 aromatic rings. The molecule has 0 amide bonds. The molecular weight excluding hydrogens is 164 g/mol. The van der Waals surface area contributed by atoms with Gasteiger partial charge in [-0.2, -0.15) is 0 Å². The highest BCUT2D eigenvalue weighted by Gasteiger charge is 2.07. The van der Waals surface area contributed by atoms with E-state index in [0.29, 0.717) is 6.54 Å². The zero-order chi connectivity index (χ0) is 9.10. The summed E-state index contributed by atoms with van der Waals surface area (Å²) >= 11 is 0. The minimum absolute atomic E-state index is 0.379. The van der Waals surface area contributed by atoms with Crippen molar-refractivity contribution in [2.45, 2.75) is 6.54 Å². The number of nitrogens with two attached hydrogens (primary N) is 1. The lowest BCUT2D eigenvalue weighted by Crippen LogP contribution is -1.96. The number of hydrogen-bond donors (Lipinski definition) is 1. The van der Waals surface area contributed by atoms with E-state index in [1.165, 1.54) is 6.39 Å². The van der Waals surface area contributed by atoms with Gasteiger partial charge < -0.3 is 10.2 Å². The Morgan fingerprint density at radius 2 is 2.00 bits per heavy atom. The van der Waals surface area contributed by atoms with Crippen molar-refractivity contribution in [3.63, 3.8) is 0 Å². The molecule has 1 heterocycles. The molecular formula is C10H10N2O. The van der Waals surface area contributed by atoms with Gasteiger partial charge in [0.05, 0.1) is 6.54 Å². The fourth-order valence-electron chi connectivity index (χ4n) is 1.25. The molecule has 3 heteroatoms. The topological polar surface area (TPSA) is 52.0 Å². The van der Waals surface area contributed by atoms with Gasteiger partial charge in [-0.15, -0.1) is 0 Å². The molecule has 3 nitrogen and oxygen atoms in total. The predicted octanol–water partition coefficient (Wildman–Crippen LogP) is 1.80. The van der Waals surface area contributed by atoms with Gasteiger partial charge in [-0.05, 0) is 0 Å². The van der Waals surface area contributed by atoms with E-state index in [9.17, 15) is 0 Å². The van der Waals surface area contributed by atoms with Crippen molar-refractivity contribution in [1.82, 2.24) is 4.98 Å². The van der Waals surface area contributed by atoms with Gasteiger partial charge in [0, 0.05) is 5.56 Å². The van der Waals surface area contributed by atoms with Crippen LogP contribution in [0.3, 0.4) is 0 Å². The molecule has 0 saturated heterocycles. The standard InChI is InChI=1S/C10H10N2O/c11-6-9-10(12-7-13-9)8-4-2-1-3-5-8/h1-5,7H,6,11H2. The molecule has 1 aromatic carbocycles. The van der Waals surface area contributed by atoms with Crippen LogP contribution in [-0.4, -0.2) is 4.98 Å². The zero-order valence-electron chi connectivity index (χ0n) is 7.10. The second kappa shape index (κ2) is 3.41. The number of aromatic nitrogens is 1. The summed E-state index contributed by atoms with van der Waals surface area (Å²) in [7, 11) is 0. The molecule has 0 atom stereocenters. The maximum atomic E-state index is 5.50. The predicted molar refractivity (Wildman–Crippen MR) is 49.8 cm³/mol. The fourth-order valence-corrected chi connectivity index (χ4v) is 1.25. The van der Waals surface area contributed by atoms with Crippen LogP contribution in [-0.2, 0) is 6.54 Å². The lowest BCUT2D eigenvalue weighted by Gasteiger charge is -1.97. The van der Waals surface area contributed by atoms with Crippen LogP contribution in [0.2, 0.25) is 0 Å². The molecule has 0 bridgehead atoms. The van der Waals surface area contributed by atoms with Crippen molar-refractivity contribution < 1.29 is 4.42 Å². The minimum Gasteiger partial charge on any atom is -0.446 e. The second-order valence-corrected chi connectivity index (χ2v) is 2.69.